The maximum absolute atomic E-state index is 4.12. The highest BCUT2D eigenvalue weighted by atomic mass is 15.2. The Kier molecular flexibility index (Phi) is 4.24. The first-order valence-corrected chi connectivity index (χ1v) is 5.31. The van der Waals surface area contributed by atoms with Crippen molar-refractivity contribution >= 4 is 0 Å². The van der Waals surface area contributed by atoms with E-state index in [0.29, 0.717) is 0 Å². The second-order valence-electron chi connectivity index (χ2n) is 4.56. The monoisotopic (exact) mass is 207 g/mol. The van der Waals surface area contributed by atoms with Crippen LogP contribution in [0.25, 0.3) is 0 Å². The van der Waals surface area contributed by atoms with Crippen molar-refractivity contribution in [2.24, 2.45) is 0 Å². The Bertz CT molecular complexity index is 282. The van der Waals surface area contributed by atoms with Gasteiger partial charge in [0.1, 0.15) is 0 Å². The molecule has 1 aromatic heterocycles. The van der Waals surface area contributed by atoms with Crippen LogP contribution in [0.4, 0.5) is 0 Å². The van der Waals surface area contributed by atoms with Crippen LogP contribution in [0.5, 0.6) is 0 Å². The largest absolute Gasteiger partial charge is 0.318 e. The molecule has 0 aliphatic heterocycles. The van der Waals surface area contributed by atoms with Gasteiger partial charge in [-0.2, -0.15) is 0 Å². The Labute approximate surface area is 92.5 Å². The molecular weight excluding hydrogens is 186 g/mol. The number of likely N-dealkylation sites (N-methyl/N-ethyl adjacent to an activating group) is 2. The topological polar surface area (TPSA) is 28.2 Å². The first-order valence-electron chi connectivity index (χ1n) is 5.31. The second kappa shape index (κ2) is 5.24. The van der Waals surface area contributed by atoms with E-state index in [-0.39, 0.29) is 5.54 Å². The predicted octanol–water partition coefficient (Wildman–Crippen LogP) is 1.51. The van der Waals surface area contributed by atoms with Crippen molar-refractivity contribution < 1.29 is 0 Å². The van der Waals surface area contributed by atoms with E-state index in [1.54, 1.807) is 0 Å². The highest BCUT2D eigenvalue weighted by Gasteiger charge is 2.22. The van der Waals surface area contributed by atoms with E-state index < -0.39 is 0 Å². The fourth-order valence-corrected chi connectivity index (χ4v) is 1.55. The number of rotatable bonds is 5. The van der Waals surface area contributed by atoms with Gasteiger partial charge in [-0.25, -0.2) is 0 Å². The molecule has 0 amide bonds. The average molecular weight is 207 g/mol. The highest BCUT2D eigenvalue weighted by molar-refractivity contribution is 5.08. The molecule has 1 heterocycles. The van der Waals surface area contributed by atoms with Crippen LogP contribution in [0, 0.1) is 0 Å². The summed E-state index contributed by atoms with van der Waals surface area (Å²) in [7, 11) is 4.13. The Balaban J connectivity index is 2.59. The van der Waals surface area contributed by atoms with Gasteiger partial charge in [0.05, 0.1) is 0 Å². The van der Waals surface area contributed by atoms with Crippen molar-refractivity contribution in [3.05, 3.63) is 30.1 Å². The minimum absolute atomic E-state index is 0.157. The van der Waals surface area contributed by atoms with Crippen LogP contribution >= 0.6 is 0 Å². The summed E-state index contributed by atoms with van der Waals surface area (Å²) in [4.78, 5) is 6.46. The molecule has 0 aliphatic rings. The Hall–Kier alpha value is -0.930. The van der Waals surface area contributed by atoms with Gasteiger partial charge in [-0.15, -0.1) is 0 Å². The van der Waals surface area contributed by atoms with Crippen molar-refractivity contribution in [3.63, 3.8) is 0 Å². The number of nitrogens with zero attached hydrogens (tertiary/aromatic N) is 2. The van der Waals surface area contributed by atoms with E-state index in [1.165, 1.54) is 5.56 Å². The number of aromatic nitrogens is 1. The molecule has 15 heavy (non-hydrogen) atoms. The van der Waals surface area contributed by atoms with Gasteiger partial charge in [0.2, 0.25) is 0 Å². The van der Waals surface area contributed by atoms with Crippen LogP contribution in [0.2, 0.25) is 0 Å². The van der Waals surface area contributed by atoms with Gasteiger partial charge in [0.25, 0.3) is 0 Å². The molecule has 0 fully saturated rings. The maximum Gasteiger partial charge on any atom is 0.0312 e. The molecule has 0 saturated carbocycles. The third-order valence-electron chi connectivity index (χ3n) is 2.79. The van der Waals surface area contributed by atoms with Gasteiger partial charge in [0, 0.05) is 31.0 Å². The summed E-state index contributed by atoms with van der Waals surface area (Å²) in [6.07, 6.45) is 3.73. The second-order valence-corrected chi connectivity index (χ2v) is 4.56. The zero-order valence-corrected chi connectivity index (χ0v) is 10.1. The molecule has 3 nitrogen and oxygen atoms in total. The van der Waals surface area contributed by atoms with Gasteiger partial charge in [-0.3, -0.25) is 9.88 Å². The SMILES string of the molecule is CNCC(C)(C)N(C)Cc1cccnc1. The predicted molar refractivity (Wildman–Crippen MR) is 63.7 cm³/mol. The Morgan fingerprint density at radius 3 is 2.73 bits per heavy atom. The fourth-order valence-electron chi connectivity index (χ4n) is 1.55. The van der Waals surface area contributed by atoms with Crippen LogP contribution in [-0.2, 0) is 6.54 Å². The van der Waals surface area contributed by atoms with E-state index >= 15 is 0 Å². The third kappa shape index (κ3) is 3.61. The fraction of sp³-hybridized carbons (Fsp3) is 0.583. The first kappa shape index (κ1) is 12.1. The lowest BCUT2D eigenvalue weighted by atomic mass is 10.0. The molecule has 1 rings (SSSR count). The maximum atomic E-state index is 4.12. The van der Waals surface area contributed by atoms with Crippen molar-refractivity contribution in [1.82, 2.24) is 15.2 Å². The van der Waals surface area contributed by atoms with Crippen LogP contribution in [0.15, 0.2) is 24.5 Å². The Morgan fingerprint density at radius 1 is 1.47 bits per heavy atom. The minimum Gasteiger partial charge on any atom is -0.318 e. The number of hydrogen-bond acceptors (Lipinski definition) is 3. The van der Waals surface area contributed by atoms with E-state index in [4.69, 9.17) is 0 Å². The summed E-state index contributed by atoms with van der Waals surface area (Å²) in [6.45, 7) is 6.38. The Morgan fingerprint density at radius 2 is 2.20 bits per heavy atom. The summed E-state index contributed by atoms with van der Waals surface area (Å²) < 4.78 is 0. The molecule has 0 unspecified atom stereocenters. The zero-order valence-electron chi connectivity index (χ0n) is 10.1. The third-order valence-corrected chi connectivity index (χ3v) is 2.79. The van der Waals surface area contributed by atoms with Gasteiger partial charge in [-0.1, -0.05) is 6.07 Å². The molecule has 1 aromatic rings. The van der Waals surface area contributed by atoms with Crippen molar-refractivity contribution in [2.45, 2.75) is 25.9 Å². The quantitative estimate of drug-likeness (QED) is 0.793. The van der Waals surface area contributed by atoms with E-state index in [2.05, 4.69) is 42.2 Å². The first-order chi connectivity index (χ1) is 7.06. The van der Waals surface area contributed by atoms with Gasteiger partial charge >= 0.3 is 0 Å². The van der Waals surface area contributed by atoms with Crippen molar-refractivity contribution in [1.29, 1.82) is 0 Å². The van der Waals surface area contributed by atoms with Crippen molar-refractivity contribution in [2.75, 3.05) is 20.6 Å². The van der Waals surface area contributed by atoms with Crippen LogP contribution in [-0.4, -0.2) is 36.1 Å². The van der Waals surface area contributed by atoms with Gasteiger partial charge in [-0.05, 0) is 39.6 Å². The van der Waals surface area contributed by atoms with E-state index in [0.717, 1.165) is 13.1 Å². The zero-order chi connectivity index (χ0) is 11.3. The molecule has 0 bridgehead atoms. The van der Waals surface area contributed by atoms with Gasteiger partial charge in [0.15, 0.2) is 0 Å². The molecule has 1 N–H and O–H groups in total. The molecule has 0 spiro atoms. The molecule has 84 valence electrons. The molecule has 0 aliphatic carbocycles. The standard InChI is InChI=1S/C12H21N3/c1-12(2,10-13-3)15(4)9-11-6-5-7-14-8-11/h5-8,13H,9-10H2,1-4H3. The van der Waals surface area contributed by atoms with Crippen molar-refractivity contribution in [3.8, 4) is 0 Å². The van der Waals surface area contributed by atoms with Crippen LogP contribution in [0.1, 0.15) is 19.4 Å². The summed E-state index contributed by atoms with van der Waals surface area (Å²) in [5.74, 6) is 0. The smallest absolute Gasteiger partial charge is 0.0312 e. The van der Waals surface area contributed by atoms with E-state index in [1.807, 2.05) is 25.5 Å². The normalized spacial score (nSPS) is 12.1. The van der Waals surface area contributed by atoms with Crippen LogP contribution < -0.4 is 5.32 Å². The number of hydrogen-bond donors (Lipinski definition) is 1. The highest BCUT2D eigenvalue weighted by Crippen LogP contribution is 2.14. The number of pyridine rings is 1. The molecular formula is C12H21N3. The number of nitrogens with one attached hydrogen (secondary N) is 1. The molecule has 0 aromatic carbocycles. The van der Waals surface area contributed by atoms with Gasteiger partial charge < -0.3 is 5.32 Å². The molecule has 0 radical (unpaired) electrons. The lowest BCUT2D eigenvalue weighted by Crippen LogP contribution is -2.47. The minimum atomic E-state index is 0.157. The lowest BCUT2D eigenvalue weighted by molar-refractivity contribution is 0.147. The summed E-state index contributed by atoms with van der Waals surface area (Å²) in [6, 6.07) is 4.09. The summed E-state index contributed by atoms with van der Waals surface area (Å²) >= 11 is 0. The molecule has 0 atom stereocenters. The van der Waals surface area contributed by atoms with E-state index in [9.17, 15) is 0 Å². The molecule has 3 heteroatoms. The van der Waals surface area contributed by atoms with Crippen LogP contribution in [0.3, 0.4) is 0 Å². The summed E-state index contributed by atoms with van der Waals surface area (Å²) in [5, 5.41) is 3.22. The lowest BCUT2D eigenvalue weighted by Gasteiger charge is -2.35. The molecule has 0 saturated heterocycles. The summed E-state index contributed by atoms with van der Waals surface area (Å²) in [5.41, 5.74) is 1.41. The average Bonchev–Trinajstić information content (AvgIpc) is 2.19.